The second-order valence-corrected chi connectivity index (χ2v) is 4.03. The molecule has 0 saturated heterocycles. The molecule has 1 aromatic carbocycles. The van der Waals surface area contributed by atoms with Crippen LogP contribution in [0.25, 0.3) is 0 Å². The number of rotatable bonds is 5. The zero-order valence-electron chi connectivity index (χ0n) is 9.31. The number of ether oxygens (including phenoxy) is 1. The molecule has 0 spiro atoms. The van der Waals surface area contributed by atoms with Gasteiger partial charge in [0.05, 0.1) is 12.7 Å². The lowest BCUT2D eigenvalue weighted by Crippen LogP contribution is -2.11. The number of hydrogen-bond donors (Lipinski definition) is 2. The van der Waals surface area contributed by atoms with Crippen molar-refractivity contribution in [3.05, 3.63) is 29.8 Å². The maximum atomic E-state index is 9.47. The Labute approximate surface area is 90.9 Å². The van der Waals surface area contributed by atoms with Gasteiger partial charge in [0, 0.05) is 6.54 Å². The van der Waals surface area contributed by atoms with Crippen molar-refractivity contribution in [2.45, 2.75) is 20.0 Å². The predicted octanol–water partition coefficient (Wildman–Crippen LogP) is 1.71. The van der Waals surface area contributed by atoms with Crippen LogP contribution in [0.15, 0.2) is 24.3 Å². The summed E-state index contributed by atoms with van der Waals surface area (Å²) in [5.74, 6) is 1.34. The summed E-state index contributed by atoms with van der Waals surface area (Å²) >= 11 is 0. The van der Waals surface area contributed by atoms with E-state index in [1.807, 2.05) is 24.3 Å². The molecule has 1 unspecified atom stereocenters. The van der Waals surface area contributed by atoms with Crippen LogP contribution in [0.1, 0.15) is 25.5 Å². The minimum Gasteiger partial charge on any atom is -0.493 e. The Balaban J connectivity index is 2.56. The van der Waals surface area contributed by atoms with Gasteiger partial charge in [-0.3, -0.25) is 0 Å². The molecule has 0 aliphatic carbocycles. The van der Waals surface area contributed by atoms with Gasteiger partial charge in [-0.05, 0) is 23.6 Å². The Morgan fingerprint density at radius 1 is 1.27 bits per heavy atom. The molecule has 1 aromatic rings. The summed E-state index contributed by atoms with van der Waals surface area (Å²) in [4.78, 5) is 0. The molecule has 0 aromatic heterocycles. The first-order valence-corrected chi connectivity index (χ1v) is 5.24. The minimum atomic E-state index is -0.579. The lowest BCUT2D eigenvalue weighted by molar-refractivity contribution is 0.186. The summed E-state index contributed by atoms with van der Waals surface area (Å²) in [7, 11) is 0. The minimum absolute atomic E-state index is 0.242. The van der Waals surface area contributed by atoms with Crippen molar-refractivity contribution in [1.82, 2.24) is 0 Å². The number of aliphatic hydroxyl groups excluding tert-OH is 1. The van der Waals surface area contributed by atoms with Gasteiger partial charge in [-0.2, -0.15) is 0 Å². The smallest absolute Gasteiger partial charge is 0.119 e. The zero-order chi connectivity index (χ0) is 11.3. The van der Waals surface area contributed by atoms with Crippen molar-refractivity contribution >= 4 is 0 Å². The highest BCUT2D eigenvalue weighted by atomic mass is 16.5. The Bertz CT molecular complexity index is 282. The van der Waals surface area contributed by atoms with Crippen LogP contribution in [0.4, 0.5) is 0 Å². The van der Waals surface area contributed by atoms with Crippen LogP contribution in [-0.2, 0) is 0 Å². The fourth-order valence-corrected chi connectivity index (χ4v) is 1.19. The van der Waals surface area contributed by atoms with E-state index in [1.54, 1.807) is 0 Å². The van der Waals surface area contributed by atoms with Crippen molar-refractivity contribution in [2.24, 2.45) is 11.7 Å². The van der Waals surface area contributed by atoms with Crippen LogP contribution in [-0.4, -0.2) is 18.3 Å². The fourth-order valence-electron chi connectivity index (χ4n) is 1.19. The average molecular weight is 209 g/mol. The highest BCUT2D eigenvalue weighted by Gasteiger charge is 2.04. The Morgan fingerprint density at radius 2 is 1.87 bits per heavy atom. The molecule has 0 heterocycles. The van der Waals surface area contributed by atoms with Gasteiger partial charge >= 0.3 is 0 Å². The summed E-state index contributed by atoms with van der Waals surface area (Å²) in [6, 6.07) is 7.40. The van der Waals surface area contributed by atoms with Gasteiger partial charge in [0.15, 0.2) is 0 Å². The molecule has 0 fully saturated rings. The van der Waals surface area contributed by atoms with Crippen LogP contribution in [0.2, 0.25) is 0 Å². The third kappa shape index (κ3) is 3.90. The maximum absolute atomic E-state index is 9.47. The number of hydrogen-bond acceptors (Lipinski definition) is 3. The van der Waals surface area contributed by atoms with Crippen molar-refractivity contribution in [2.75, 3.05) is 13.2 Å². The van der Waals surface area contributed by atoms with Crippen molar-refractivity contribution in [3.8, 4) is 5.75 Å². The first kappa shape index (κ1) is 12.0. The highest BCUT2D eigenvalue weighted by Crippen LogP contribution is 2.17. The lowest BCUT2D eigenvalue weighted by Gasteiger charge is -2.11. The first-order chi connectivity index (χ1) is 7.13. The van der Waals surface area contributed by atoms with Gasteiger partial charge in [-0.15, -0.1) is 0 Å². The summed E-state index contributed by atoms with van der Waals surface area (Å²) in [6.07, 6.45) is -0.579. The van der Waals surface area contributed by atoms with Gasteiger partial charge in [0.25, 0.3) is 0 Å². The molecule has 0 bridgehead atoms. The van der Waals surface area contributed by atoms with Gasteiger partial charge in [-0.1, -0.05) is 26.0 Å². The first-order valence-electron chi connectivity index (χ1n) is 5.24. The van der Waals surface area contributed by atoms with Crippen molar-refractivity contribution in [1.29, 1.82) is 0 Å². The average Bonchev–Trinajstić information content (AvgIpc) is 2.26. The summed E-state index contributed by atoms with van der Waals surface area (Å²) in [5, 5.41) is 9.47. The largest absolute Gasteiger partial charge is 0.493 e. The van der Waals surface area contributed by atoms with Gasteiger partial charge in [0.2, 0.25) is 0 Å². The van der Waals surface area contributed by atoms with E-state index in [0.29, 0.717) is 12.5 Å². The molecule has 84 valence electrons. The summed E-state index contributed by atoms with van der Waals surface area (Å²) in [6.45, 7) is 5.16. The summed E-state index contributed by atoms with van der Waals surface area (Å²) in [5.41, 5.74) is 6.19. The Kier molecular flexibility index (Phi) is 4.59. The van der Waals surface area contributed by atoms with E-state index in [9.17, 15) is 5.11 Å². The molecule has 3 nitrogen and oxygen atoms in total. The zero-order valence-corrected chi connectivity index (χ0v) is 9.31. The van der Waals surface area contributed by atoms with E-state index in [-0.39, 0.29) is 6.54 Å². The van der Waals surface area contributed by atoms with Crippen molar-refractivity contribution in [3.63, 3.8) is 0 Å². The van der Waals surface area contributed by atoms with Gasteiger partial charge in [-0.25, -0.2) is 0 Å². The molecule has 0 amide bonds. The molecule has 0 aliphatic heterocycles. The van der Waals surface area contributed by atoms with Crippen LogP contribution >= 0.6 is 0 Å². The van der Waals surface area contributed by atoms with Crippen molar-refractivity contribution < 1.29 is 9.84 Å². The second-order valence-electron chi connectivity index (χ2n) is 4.03. The second kappa shape index (κ2) is 5.73. The maximum Gasteiger partial charge on any atom is 0.119 e. The summed E-state index contributed by atoms with van der Waals surface area (Å²) < 4.78 is 5.52. The molecule has 0 saturated carbocycles. The van der Waals surface area contributed by atoms with E-state index in [2.05, 4.69) is 13.8 Å². The van der Waals surface area contributed by atoms with E-state index < -0.39 is 6.10 Å². The normalized spacial score (nSPS) is 12.9. The quantitative estimate of drug-likeness (QED) is 0.776. The Hall–Kier alpha value is -1.06. The van der Waals surface area contributed by atoms with E-state index >= 15 is 0 Å². The molecule has 0 aliphatic rings. The molecule has 1 rings (SSSR count). The molecule has 15 heavy (non-hydrogen) atoms. The van der Waals surface area contributed by atoms with Crippen LogP contribution in [0.5, 0.6) is 5.75 Å². The molecule has 3 heteroatoms. The molecule has 1 atom stereocenters. The number of benzene rings is 1. The number of aliphatic hydroxyl groups is 1. The van der Waals surface area contributed by atoms with E-state index in [1.165, 1.54) is 0 Å². The van der Waals surface area contributed by atoms with Gasteiger partial charge in [0.1, 0.15) is 5.75 Å². The molecule has 0 radical (unpaired) electrons. The van der Waals surface area contributed by atoms with E-state index in [4.69, 9.17) is 10.5 Å². The van der Waals surface area contributed by atoms with E-state index in [0.717, 1.165) is 11.3 Å². The highest BCUT2D eigenvalue weighted by molar-refractivity contribution is 5.28. The predicted molar refractivity (Wildman–Crippen MR) is 60.8 cm³/mol. The molecular weight excluding hydrogens is 190 g/mol. The van der Waals surface area contributed by atoms with Crippen LogP contribution in [0, 0.1) is 5.92 Å². The third-order valence-electron chi connectivity index (χ3n) is 2.07. The standard InChI is InChI=1S/C12H19NO2/c1-9(2)8-15-11-5-3-10(4-6-11)12(14)7-13/h3-6,9,12,14H,7-8,13H2,1-2H3. The SMILES string of the molecule is CC(C)COc1ccc(C(O)CN)cc1. The van der Waals surface area contributed by atoms with Crippen LogP contribution < -0.4 is 10.5 Å². The topological polar surface area (TPSA) is 55.5 Å². The van der Waals surface area contributed by atoms with Gasteiger partial charge < -0.3 is 15.6 Å². The molecule has 3 N–H and O–H groups in total. The fraction of sp³-hybridized carbons (Fsp3) is 0.500. The Morgan fingerprint density at radius 3 is 2.33 bits per heavy atom. The number of nitrogens with two attached hydrogens (primary N) is 1. The lowest BCUT2D eigenvalue weighted by atomic mass is 10.1. The van der Waals surface area contributed by atoms with Crippen LogP contribution in [0.3, 0.4) is 0 Å². The monoisotopic (exact) mass is 209 g/mol. The molecular formula is C12H19NO2. The third-order valence-corrected chi connectivity index (χ3v) is 2.07.